The highest BCUT2D eigenvalue weighted by molar-refractivity contribution is 7.92. The third-order valence-electron chi connectivity index (χ3n) is 6.61. The Labute approximate surface area is 224 Å². The number of phenols is 1. The Kier molecular flexibility index (Phi) is 6.97. The molecule has 0 amide bonds. The molecule has 0 saturated heterocycles. The van der Waals surface area contributed by atoms with Crippen molar-refractivity contribution in [3.63, 3.8) is 0 Å². The first-order chi connectivity index (χ1) is 17.9. The first-order valence-corrected chi connectivity index (χ1v) is 13.8. The molecule has 4 rings (SSSR count). The van der Waals surface area contributed by atoms with Gasteiger partial charge in [0.05, 0.1) is 24.1 Å². The molecule has 1 atom stereocenters. The SMILES string of the molecule is Cc1c(-c2ccc(F)cc2O)c([C@H](OC(C)(C)C)C(=O)O)c(C)c2c1-c1c(F)ccc(F)c1CN2S(C)(=O)=O. The number of carboxylic acids is 1. The summed E-state index contributed by atoms with van der Waals surface area (Å²) in [4.78, 5) is 12.6. The summed E-state index contributed by atoms with van der Waals surface area (Å²) in [5, 5.41) is 21.0. The van der Waals surface area contributed by atoms with Crippen LogP contribution in [0.2, 0.25) is 0 Å². The molecule has 3 aromatic rings. The second-order valence-corrected chi connectivity index (χ2v) is 12.4. The molecule has 0 spiro atoms. The Hall–Kier alpha value is -3.57. The lowest BCUT2D eigenvalue weighted by Gasteiger charge is -2.37. The third-order valence-corrected chi connectivity index (χ3v) is 7.72. The summed E-state index contributed by atoms with van der Waals surface area (Å²) in [6, 6.07) is 4.96. The highest BCUT2D eigenvalue weighted by Crippen LogP contribution is 2.53. The summed E-state index contributed by atoms with van der Waals surface area (Å²) in [6.07, 6.45) is -0.762. The Morgan fingerprint density at radius 3 is 2.15 bits per heavy atom. The van der Waals surface area contributed by atoms with Crippen LogP contribution in [0.25, 0.3) is 22.3 Å². The first-order valence-electron chi connectivity index (χ1n) is 12.0. The number of anilines is 1. The molecule has 0 aliphatic carbocycles. The van der Waals surface area contributed by atoms with Gasteiger partial charge in [-0.1, -0.05) is 0 Å². The molecule has 208 valence electrons. The van der Waals surface area contributed by atoms with E-state index in [4.69, 9.17) is 4.74 Å². The van der Waals surface area contributed by atoms with Crippen molar-refractivity contribution in [2.75, 3.05) is 10.6 Å². The van der Waals surface area contributed by atoms with Gasteiger partial charge in [-0.25, -0.2) is 26.4 Å². The minimum Gasteiger partial charge on any atom is -0.507 e. The van der Waals surface area contributed by atoms with Gasteiger partial charge in [0.1, 0.15) is 23.2 Å². The highest BCUT2D eigenvalue weighted by atomic mass is 32.2. The molecule has 0 fully saturated rings. The van der Waals surface area contributed by atoms with Crippen molar-refractivity contribution in [3.05, 3.63) is 70.0 Å². The molecule has 1 aliphatic heterocycles. The zero-order valence-corrected chi connectivity index (χ0v) is 23.0. The van der Waals surface area contributed by atoms with E-state index in [1.807, 2.05) is 0 Å². The molecule has 2 N–H and O–H groups in total. The van der Waals surface area contributed by atoms with Gasteiger partial charge in [0.15, 0.2) is 6.10 Å². The van der Waals surface area contributed by atoms with Crippen LogP contribution in [0, 0.1) is 31.3 Å². The quantitative estimate of drug-likeness (QED) is 0.396. The lowest BCUT2D eigenvalue weighted by Crippen LogP contribution is -2.35. The van der Waals surface area contributed by atoms with Crippen molar-refractivity contribution < 1.29 is 41.3 Å². The Morgan fingerprint density at radius 1 is 1.00 bits per heavy atom. The van der Waals surface area contributed by atoms with Crippen molar-refractivity contribution >= 4 is 21.7 Å². The van der Waals surface area contributed by atoms with Crippen molar-refractivity contribution in [2.45, 2.75) is 52.9 Å². The summed E-state index contributed by atoms with van der Waals surface area (Å²) >= 11 is 0. The number of nitrogens with zero attached hydrogens (tertiary/aromatic N) is 1. The van der Waals surface area contributed by atoms with E-state index in [1.54, 1.807) is 20.8 Å². The van der Waals surface area contributed by atoms with E-state index in [-0.39, 0.29) is 50.2 Å². The molecule has 1 aliphatic rings. The zero-order chi connectivity index (χ0) is 29.2. The maximum absolute atomic E-state index is 15.4. The van der Waals surface area contributed by atoms with E-state index in [0.29, 0.717) is 0 Å². The number of halogens is 3. The summed E-state index contributed by atoms with van der Waals surface area (Å²) in [7, 11) is -4.08. The van der Waals surface area contributed by atoms with Crippen LogP contribution in [0.4, 0.5) is 18.9 Å². The molecule has 0 saturated carbocycles. The molecule has 0 aromatic heterocycles. The largest absolute Gasteiger partial charge is 0.507 e. The summed E-state index contributed by atoms with van der Waals surface area (Å²) in [5.74, 6) is -4.33. The van der Waals surface area contributed by atoms with Gasteiger partial charge in [0.2, 0.25) is 10.0 Å². The number of phenolic OH excluding ortho intramolecular Hbond substituents is 1. The normalized spacial score (nSPS) is 14.1. The van der Waals surface area contributed by atoms with E-state index in [9.17, 15) is 27.8 Å². The number of aromatic hydroxyl groups is 1. The van der Waals surface area contributed by atoms with E-state index >= 15 is 8.78 Å². The van der Waals surface area contributed by atoms with Crippen LogP contribution in [0.1, 0.15) is 49.1 Å². The average Bonchev–Trinajstić information content (AvgIpc) is 2.80. The van der Waals surface area contributed by atoms with Crippen LogP contribution in [0.5, 0.6) is 5.75 Å². The first kappa shape index (κ1) is 28.4. The molecule has 0 bridgehead atoms. The minimum absolute atomic E-state index is 0.00778. The molecule has 1 heterocycles. The lowest BCUT2D eigenvalue weighted by atomic mass is 9.79. The Bertz CT molecular complexity index is 1630. The fraction of sp³-hybridized carbons (Fsp3) is 0.321. The molecule has 39 heavy (non-hydrogen) atoms. The van der Waals surface area contributed by atoms with Crippen LogP contribution in [-0.2, 0) is 26.1 Å². The van der Waals surface area contributed by atoms with Gasteiger partial charge in [-0.15, -0.1) is 0 Å². The van der Waals surface area contributed by atoms with E-state index in [0.717, 1.165) is 34.8 Å². The second kappa shape index (κ2) is 9.56. The minimum atomic E-state index is -4.08. The van der Waals surface area contributed by atoms with Gasteiger partial charge in [-0.3, -0.25) is 4.31 Å². The number of rotatable bonds is 5. The number of hydrogen-bond acceptors (Lipinski definition) is 5. The van der Waals surface area contributed by atoms with Crippen molar-refractivity contribution in [1.82, 2.24) is 0 Å². The van der Waals surface area contributed by atoms with E-state index < -0.39 is 57.4 Å². The maximum Gasteiger partial charge on any atom is 0.337 e. The zero-order valence-electron chi connectivity index (χ0n) is 22.2. The van der Waals surface area contributed by atoms with Crippen molar-refractivity contribution in [1.29, 1.82) is 0 Å². The maximum atomic E-state index is 15.4. The number of carboxylic acid groups (broad SMARTS) is 1. The van der Waals surface area contributed by atoms with Gasteiger partial charge in [0.25, 0.3) is 0 Å². The molecular formula is C28H28F3NO6S. The Balaban J connectivity index is 2.29. The van der Waals surface area contributed by atoms with Crippen LogP contribution in [0.15, 0.2) is 30.3 Å². The fourth-order valence-electron chi connectivity index (χ4n) is 5.13. The van der Waals surface area contributed by atoms with Gasteiger partial charge in [-0.2, -0.15) is 0 Å². The van der Waals surface area contributed by atoms with Crippen molar-refractivity contribution in [3.8, 4) is 28.0 Å². The fourth-order valence-corrected chi connectivity index (χ4v) is 6.05. The summed E-state index contributed by atoms with van der Waals surface area (Å²) in [5.41, 5.74) is -1.06. The van der Waals surface area contributed by atoms with Gasteiger partial charge in [0, 0.05) is 33.9 Å². The van der Waals surface area contributed by atoms with Gasteiger partial charge >= 0.3 is 5.97 Å². The number of carbonyl (C=O) groups is 1. The Morgan fingerprint density at radius 2 is 1.62 bits per heavy atom. The number of ether oxygens (including phenoxy) is 1. The number of hydrogen-bond donors (Lipinski definition) is 2. The van der Waals surface area contributed by atoms with Crippen molar-refractivity contribution in [2.24, 2.45) is 0 Å². The topological polar surface area (TPSA) is 104 Å². The smallest absolute Gasteiger partial charge is 0.337 e. The number of sulfonamides is 1. The summed E-state index contributed by atoms with van der Waals surface area (Å²) < 4.78 is 77.2. The number of benzene rings is 3. The lowest BCUT2D eigenvalue weighted by molar-refractivity contribution is -0.160. The predicted octanol–water partition coefficient (Wildman–Crippen LogP) is 5.98. The van der Waals surface area contributed by atoms with Crippen LogP contribution >= 0.6 is 0 Å². The molecule has 3 aromatic carbocycles. The van der Waals surface area contributed by atoms with E-state index in [2.05, 4.69) is 0 Å². The number of fused-ring (bicyclic) bond motifs is 3. The molecule has 7 nitrogen and oxygen atoms in total. The van der Waals surface area contributed by atoms with Gasteiger partial charge < -0.3 is 14.9 Å². The van der Waals surface area contributed by atoms with Gasteiger partial charge in [-0.05, 0) is 75.6 Å². The van der Waals surface area contributed by atoms with Crippen LogP contribution < -0.4 is 4.31 Å². The monoisotopic (exact) mass is 563 g/mol. The van der Waals surface area contributed by atoms with E-state index in [1.165, 1.54) is 19.9 Å². The second-order valence-electron chi connectivity index (χ2n) is 10.5. The molecule has 11 heteroatoms. The van der Waals surface area contributed by atoms with Crippen LogP contribution in [-0.4, -0.2) is 36.5 Å². The third kappa shape index (κ3) is 4.96. The average molecular weight is 564 g/mol. The van der Waals surface area contributed by atoms with Crippen LogP contribution in [0.3, 0.4) is 0 Å². The highest BCUT2D eigenvalue weighted by Gasteiger charge is 2.40. The summed E-state index contributed by atoms with van der Waals surface area (Å²) in [6.45, 7) is 7.32. The molecule has 0 unspecified atom stereocenters. The molecule has 0 radical (unpaired) electrons. The predicted molar refractivity (Wildman–Crippen MR) is 141 cm³/mol. The molecular weight excluding hydrogens is 535 g/mol. The number of aliphatic carboxylic acids is 1. The standard InChI is InChI=1S/C28H28F3NO6S/c1-13-21(16-8-7-15(29)11-20(16)33)23(26(27(34)35)38-28(3,4)5)14(2)25-22(13)24-17(12-32(25)39(6,36)37)18(30)9-10-19(24)31/h7-11,26,33H,12H2,1-6H3,(H,34,35)/t26-/m0/s1.